The Bertz CT molecular complexity index is 265. The topological polar surface area (TPSA) is 52.3 Å². The second-order valence-electron chi connectivity index (χ2n) is 3.30. The largest absolute Gasteiger partial charge is 0.459 e. The molecule has 0 aromatic carbocycles. The molecular weight excluding hydrogens is 214 g/mol. The lowest BCUT2D eigenvalue weighted by atomic mass is 10.2. The van der Waals surface area contributed by atoms with Crippen molar-refractivity contribution < 1.29 is 9.53 Å². The fourth-order valence-electron chi connectivity index (χ4n) is 0.892. The normalized spacial score (nSPS) is 15.4. The molecule has 0 atom stereocenters. The molecule has 0 unspecified atom stereocenters. The van der Waals surface area contributed by atoms with Gasteiger partial charge in [-0.25, -0.2) is 0 Å². The van der Waals surface area contributed by atoms with Gasteiger partial charge in [-0.15, -0.1) is 13.2 Å². The van der Waals surface area contributed by atoms with Crippen LogP contribution < -0.4 is 5.73 Å². The van der Waals surface area contributed by atoms with Gasteiger partial charge in [0, 0.05) is 0 Å². The minimum absolute atomic E-state index is 0.276. The van der Waals surface area contributed by atoms with Crippen LogP contribution in [-0.4, -0.2) is 18.1 Å². The number of carbonyl (C=O) groups is 1. The molecular formula is C14H25NO2. The lowest BCUT2D eigenvalue weighted by Gasteiger charge is -2.09. The summed E-state index contributed by atoms with van der Waals surface area (Å²) in [6.07, 6.45) is 5.01. The summed E-state index contributed by atoms with van der Waals surface area (Å²) in [5.74, 6) is -0.297. The number of ether oxygens (including phenoxy) is 1. The highest BCUT2D eigenvalue weighted by Gasteiger charge is 2.47. The molecule has 0 saturated heterocycles. The molecule has 98 valence electrons. The van der Waals surface area contributed by atoms with Crippen LogP contribution in [0.3, 0.4) is 0 Å². The minimum Gasteiger partial charge on any atom is -0.459 e. The predicted octanol–water partition coefficient (Wildman–Crippen LogP) is 2.98. The molecule has 1 rings (SSSR count). The van der Waals surface area contributed by atoms with Gasteiger partial charge in [0.25, 0.3) is 0 Å². The number of rotatable bonds is 4. The first-order valence-electron chi connectivity index (χ1n) is 5.86. The second kappa shape index (κ2) is 9.85. The van der Waals surface area contributed by atoms with Gasteiger partial charge < -0.3 is 10.5 Å². The van der Waals surface area contributed by atoms with Crippen LogP contribution in [0.5, 0.6) is 0 Å². The van der Waals surface area contributed by atoms with Gasteiger partial charge in [0.15, 0.2) is 0 Å². The van der Waals surface area contributed by atoms with E-state index in [4.69, 9.17) is 10.5 Å². The monoisotopic (exact) mass is 239 g/mol. The van der Waals surface area contributed by atoms with E-state index in [1.165, 1.54) is 0 Å². The van der Waals surface area contributed by atoms with Crippen LogP contribution in [-0.2, 0) is 9.53 Å². The number of hydrogen-bond donors (Lipinski definition) is 1. The van der Waals surface area contributed by atoms with Crippen molar-refractivity contribution in [3.05, 3.63) is 37.5 Å². The van der Waals surface area contributed by atoms with Crippen molar-refractivity contribution >= 4 is 5.97 Å². The molecule has 0 aromatic rings. The van der Waals surface area contributed by atoms with Gasteiger partial charge >= 0.3 is 5.97 Å². The lowest BCUT2D eigenvalue weighted by molar-refractivity contribution is -0.145. The van der Waals surface area contributed by atoms with E-state index in [1.54, 1.807) is 6.08 Å². The highest BCUT2D eigenvalue weighted by molar-refractivity contribution is 5.83. The van der Waals surface area contributed by atoms with E-state index in [0.29, 0.717) is 0 Å². The molecule has 3 nitrogen and oxygen atoms in total. The maximum atomic E-state index is 11.3. The first-order chi connectivity index (χ1) is 8.12. The Morgan fingerprint density at radius 3 is 2.18 bits per heavy atom. The number of nitrogens with two attached hydrogens (primary N) is 1. The Hall–Kier alpha value is -1.35. The number of hydrogen-bond acceptors (Lipinski definition) is 3. The molecule has 1 fully saturated rings. The molecule has 17 heavy (non-hydrogen) atoms. The zero-order valence-corrected chi connectivity index (χ0v) is 11.3. The van der Waals surface area contributed by atoms with E-state index in [1.807, 2.05) is 26.8 Å². The fraction of sp³-hybridized carbons (Fsp3) is 0.500. The zero-order valence-electron chi connectivity index (χ0n) is 11.3. The van der Waals surface area contributed by atoms with E-state index >= 15 is 0 Å². The number of allylic oxidation sites excluding steroid dienone is 1. The minimum atomic E-state index is -0.681. The molecule has 1 aliphatic rings. The molecule has 0 radical (unpaired) electrons. The smallest absolute Gasteiger partial charge is 0.326 e. The molecule has 1 aliphatic carbocycles. The number of esters is 1. The summed E-state index contributed by atoms with van der Waals surface area (Å²) in [5.41, 5.74) is 5.86. The van der Waals surface area contributed by atoms with Crippen LogP contribution in [0.25, 0.3) is 0 Å². The summed E-state index contributed by atoms with van der Waals surface area (Å²) in [6, 6.07) is 0. The average Bonchev–Trinajstić information content (AvgIpc) is 3.14. The van der Waals surface area contributed by atoms with Crippen LogP contribution in [0.1, 0.15) is 33.6 Å². The van der Waals surface area contributed by atoms with Crippen molar-refractivity contribution in [3.63, 3.8) is 0 Å². The standard InChI is InChI=1S/C10H15NO2.C2H6.C2H4/c1-3-8(4-2)7-13-9(12)10(11)5-6-10;2*1-2/h3-4H,1,5-7,11H2,2H3;1-2H3;1-2H2/b8-4+;;. The van der Waals surface area contributed by atoms with Gasteiger partial charge in [0.2, 0.25) is 0 Å². The SMILES string of the molecule is C=C.C=C/C(=C\C)COC(=O)C1(N)CC1.CC. The highest BCUT2D eigenvalue weighted by atomic mass is 16.5. The Morgan fingerprint density at radius 2 is 1.88 bits per heavy atom. The van der Waals surface area contributed by atoms with Crippen molar-refractivity contribution in [3.8, 4) is 0 Å². The maximum Gasteiger partial charge on any atom is 0.326 e. The Labute approximate surface area is 105 Å². The average molecular weight is 239 g/mol. The van der Waals surface area contributed by atoms with Crippen molar-refractivity contribution in [2.24, 2.45) is 5.73 Å². The molecule has 1 saturated carbocycles. The van der Waals surface area contributed by atoms with E-state index in [9.17, 15) is 4.79 Å². The first kappa shape index (κ1) is 18.0. The fourth-order valence-corrected chi connectivity index (χ4v) is 0.892. The van der Waals surface area contributed by atoms with Crippen LogP contribution in [0.4, 0.5) is 0 Å². The Morgan fingerprint density at radius 1 is 1.41 bits per heavy atom. The summed E-state index contributed by atoms with van der Waals surface area (Å²) >= 11 is 0. The van der Waals surface area contributed by atoms with Crippen LogP contribution in [0.15, 0.2) is 37.5 Å². The third-order valence-corrected chi connectivity index (χ3v) is 2.20. The summed E-state index contributed by atoms with van der Waals surface area (Å²) in [4.78, 5) is 11.3. The quantitative estimate of drug-likeness (QED) is 0.466. The summed E-state index contributed by atoms with van der Waals surface area (Å²) in [7, 11) is 0. The van der Waals surface area contributed by atoms with Crippen LogP contribution >= 0.6 is 0 Å². The maximum absolute atomic E-state index is 11.3. The first-order valence-corrected chi connectivity index (χ1v) is 5.86. The summed E-state index contributed by atoms with van der Waals surface area (Å²) in [5, 5.41) is 0. The zero-order chi connectivity index (χ0) is 13.9. The van der Waals surface area contributed by atoms with E-state index in [0.717, 1.165) is 18.4 Å². The van der Waals surface area contributed by atoms with Gasteiger partial charge in [0.05, 0.1) is 0 Å². The van der Waals surface area contributed by atoms with Gasteiger partial charge in [-0.3, -0.25) is 4.79 Å². The molecule has 0 bridgehead atoms. The van der Waals surface area contributed by atoms with Gasteiger partial charge in [-0.05, 0) is 25.3 Å². The predicted molar refractivity (Wildman–Crippen MR) is 73.7 cm³/mol. The lowest BCUT2D eigenvalue weighted by Crippen LogP contribution is -2.34. The third-order valence-electron chi connectivity index (χ3n) is 2.20. The molecule has 0 amide bonds. The van der Waals surface area contributed by atoms with Gasteiger partial charge in [-0.1, -0.05) is 32.6 Å². The third kappa shape index (κ3) is 6.74. The molecule has 0 aromatic heterocycles. The molecule has 0 heterocycles. The summed E-state index contributed by atoms with van der Waals surface area (Å²) in [6.45, 7) is 15.7. The molecule has 2 N–H and O–H groups in total. The van der Waals surface area contributed by atoms with Gasteiger partial charge in [0.1, 0.15) is 12.1 Å². The van der Waals surface area contributed by atoms with Crippen molar-refractivity contribution in [1.29, 1.82) is 0 Å². The van der Waals surface area contributed by atoms with Crippen molar-refractivity contribution in [2.75, 3.05) is 6.61 Å². The number of carbonyl (C=O) groups excluding carboxylic acids is 1. The van der Waals surface area contributed by atoms with E-state index in [-0.39, 0.29) is 12.6 Å². The molecule has 3 heteroatoms. The van der Waals surface area contributed by atoms with Crippen molar-refractivity contribution in [2.45, 2.75) is 39.2 Å². The van der Waals surface area contributed by atoms with Crippen LogP contribution in [0.2, 0.25) is 0 Å². The van der Waals surface area contributed by atoms with E-state index in [2.05, 4.69) is 19.7 Å². The van der Waals surface area contributed by atoms with Crippen molar-refractivity contribution in [1.82, 2.24) is 0 Å². The summed E-state index contributed by atoms with van der Waals surface area (Å²) < 4.78 is 5.01. The second-order valence-corrected chi connectivity index (χ2v) is 3.30. The molecule has 0 aliphatic heterocycles. The van der Waals surface area contributed by atoms with Crippen LogP contribution in [0, 0.1) is 0 Å². The Kier molecular flexibility index (Phi) is 10.4. The van der Waals surface area contributed by atoms with Gasteiger partial charge in [-0.2, -0.15) is 0 Å². The molecule has 0 spiro atoms. The Balaban J connectivity index is 0. The van der Waals surface area contributed by atoms with E-state index < -0.39 is 5.54 Å². The highest BCUT2D eigenvalue weighted by Crippen LogP contribution is 2.33.